The molecule has 0 aliphatic rings. The number of anilines is 1. The molecular formula is C26H22F7N3O4. The topological polar surface area (TPSA) is 85.1 Å². The van der Waals surface area contributed by atoms with E-state index in [1.165, 1.54) is 12.3 Å². The maximum Gasteiger partial charge on any atom is 0.573 e. The summed E-state index contributed by atoms with van der Waals surface area (Å²) in [6, 6.07) is 9.63. The monoisotopic (exact) mass is 573 g/mol. The predicted molar refractivity (Wildman–Crippen MR) is 131 cm³/mol. The van der Waals surface area contributed by atoms with Gasteiger partial charge >= 0.3 is 12.5 Å². The lowest BCUT2D eigenvalue weighted by molar-refractivity contribution is -0.275. The summed E-state index contributed by atoms with van der Waals surface area (Å²) in [4.78, 5) is 12.7. The standard InChI is InChI=1S/C25H20F7N3O2.CH2O2/c1-14-3-4-16(9-15(14)2)21-12-34-23-20(33-8-7-24(27,28)29)11-18(13-35(21)23)36-17-5-6-22(19(26)10-17)37-25(30,31)32;2-1-3/h3-6,9-13,33H,7-8H2,1-2H3;1H,(H,2,3). The number of ether oxygens (including phenoxy) is 2. The molecule has 214 valence electrons. The molecule has 2 N–H and O–H groups in total. The fraction of sp³-hybridized carbons (Fsp3) is 0.231. The van der Waals surface area contributed by atoms with Crippen molar-refractivity contribution in [3.8, 4) is 28.5 Å². The van der Waals surface area contributed by atoms with Crippen molar-refractivity contribution >= 4 is 17.8 Å². The molecule has 0 atom stereocenters. The van der Waals surface area contributed by atoms with Gasteiger partial charge in [0.2, 0.25) is 0 Å². The molecule has 2 aromatic heterocycles. The second kappa shape index (κ2) is 12.1. The van der Waals surface area contributed by atoms with E-state index < -0.39 is 37.1 Å². The zero-order valence-electron chi connectivity index (χ0n) is 20.9. The first-order valence-corrected chi connectivity index (χ1v) is 11.4. The number of carbonyl (C=O) groups is 1. The first-order valence-electron chi connectivity index (χ1n) is 11.4. The Morgan fingerprint density at radius 3 is 2.30 bits per heavy atom. The molecule has 4 aromatic rings. The molecule has 4 rings (SSSR count). The zero-order valence-corrected chi connectivity index (χ0v) is 20.9. The fourth-order valence-corrected chi connectivity index (χ4v) is 3.59. The van der Waals surface area contributed by atoms with E-state index in [0.717, 1.165) is 28.8 Å². The highest BCUT2D eigenvalue weighted by atomic mass is 19.4. The van der Waals surface area contributed by atoms with E-state index in [-0.39, 0.29) is 23.7 Å². The highest BCUT2D eigenvalue weighted by Crippen LogP contribution is 2.34. The summed E-state index contributed by atoms with van der Waals surface area (Å²) in [6.45, 7) is 3.19. The fourth-order valence-electron chi connectivity index (χ4n) is 3.59. The molecule has 14 heteroatoms. The van der Waals surface area contributed by atoms with Gasteiger partial charge in [0.15, 0.2) is 17.2 Å². The Morgan fingerprint density at radius 2 is 1.70 bits per heavy atom. The SMILES string of the molecule is Cc1ccc(-c2cnc3c(NCCC(F)(F)F)cc(Oc4ccc(OC(F)(F)F)c(F)c4)cn23)cc1C.O=CO. The van der Waals surface area contributed by atoms with E-state index in [4.69, 9.17) is 14.6 Å². The molecule has 0 saturated heterocycles. The van der Waals surface area contributed by atoms with E-state index in [2.05, 4.69) is 15.0 Å². The largest absolute Gasteiger partial charge is 0.573 e. The number of carboxylic acid groups (broad SMARTS) is 1. The van der Waals surface area contributed by atoms with Gasteiger partial charge in [0.05, 0.1) is 30.2 Å². The van der Waals surface area contributed by atoms with E-state index in [1.807, 2.05) is 32.0 Å². The Balaban J connectivity index is 0.00000141. The van der Waals surface area contributed by atoms with Gasteiger partial charge in [-0.05, 0) is 43.2 Å². The van der Waals surface area contributed by atoms with E-state index in [0.29, 0.717) is 17.4 Å². The van der Waals surface area contributed by atoms with Gasteiger partial charge in [0.1, 0.15) is 11.5 Å². The summed E-state index contributed by atoms with van der Waals surface area (Å²) < 4.78 is 100. The number of rotatable bonds is 7. The van der Waals surface area contributed by atoms with Crippen molar-refractivity contribution in [3.05, 3.63) is 71.8 Å². The molecule has 0 spiro atoms. The van der Waals surface area contributed by atoms with Crippen LogP contribution in [0.2, 0.25) is 0 Å². The van der Waals surface area contributed by atoms with Gasteiger partial charge in [0, 0.05) is 24.2 Å². The summed E-state index contributed by atoms with van der Waals surface area (Å²) in [7, 11) is 0. The summed E-state index contributed by atoms with van der Waals surface area (Å²) in [5.41, 5.74) is 4.02. The van der Waals surface area contributed by atoms with Crippen molar-refractivity contribution in [3.63, 3.8) is 0 Å². The van der Waals surface area contributed by atoms with E-state index in [9.17, 15) is 30.7 Å². The summed E-state index contributed by atoms with van der Waals surface area (Å²) in [5, 5.41) is 9.59. The number of hydrogen-bond donors (Lipinski definition) is 2. The number of alkyl halides is 6. The molecule has 40 heavy (non-hydrogen) atoms. The van der Waals surface area contributed by atoms with E-state index >= 15 is 0 Å². The van der Waals surface area contributed by atoms with Crippen LogP contribution in [0.5, 0.6) is 17.2 Å². The van der Waals surface area contributed by atoms with Gasteiger partial charge in [-0.3, -0.25) is 9.20 Å². The molecule has 0 amide bonds. The molecule has 0 saturated carbocycles. The van der Waals surface area contributed by atoms with E-state index in [1.54, 1.807) is 10.6 Å². The molecule has 0 bridgehead atoms. The molecular weight excluding hydrogens is 551 g/mol. The molecule has 2 heterocycles. The number of pyridine rings is 1. The third-order valence-electron chi connectivity index (χ3n) is 5.47. The lowest BCUT2D eigenvalue weighted by Gasteiger charge is -2.14. The van der Waals surface area contributed by atoms with Crippen molar-refractivity contribution < 1.29 is 50.1 Å². The van der Waals surface area contributed by atoms with Gasteiger partial charge in [-0.25, -0.2) is 9.37 Å². The van der Waals surface area contributed by atoms with Crippen LogP contribution in [0, 0.1) is 19.7 Å². The maximum absolute atomic E-state index is 14.2. The van der Waals surface area contributed by atoms with Gasteiger partial charge < -0.3 is 19.9 Å². The molecule has 7 nitrogen and oxygen atoms in total. The molecule has 0 unspecified atom stereocenters. The van der Waals surface area contributed by atoms with Crippen LogP contribution in [0.1, 0.15) is 17.5 Å². The molecule has 2 aromatic carbocycles. The van der Waals surface area contributed by atoms with Crippen molar-refractivity contribution in [2.45, 2.75) is 32.8 Å². The smallest absolute Gasteiger partial charge is 0.483 e. The zero-order chi connectivity index (χ0) is 29.7. The summed E-state index contributed by atoms with van der Waals surface area (Å²) in [5.74, 6) is -2.41. The van der Waals surface area contributed by atoms with Crippen LogP contribution in [0.25, 0.3) is 16.9 Å². The third-order valence-corrected chi connectivity index (χ3v) is 5.47. The number of nitrogens with one attached hydrogen (secondary N) is 1. The summed E-state index contributed by atoms with van der Waals surface area (Å²) in [6.07, 6.45) is -7.49. The number of fused-ring (bicyclic) bond motifs is 1. The molecule has 0 radical (unpaired) electrons. The molecule has 0 fully saturated rings. The molecule has 0 aliphatic heterocycles. The van der Waals surface area contributed by atoms with Crippen LogP contribution in [-0.2, 0) is 4.79 Å². The minimum Gasteiger partial charge on any atom is -0.483 e. The Labute approximate surface area is 222 Å². The van der Waals surface area contributed by atoms with Crippen molar-refractivity contribution in [1.82, 2.24) is 9.38 Å². The number of aryl methyl sites for hydroxylation is 2. The van der Waals surface area contributed by atoms with Gasteiger partial charge in [-0.15, -0.1) is 13.2 Å². The highest BCUT2D eigenvalue weighted by molar-refractivity contribution is 5.75. The normalized spacial score (nSPS) is 11.5. The number of aromatic nitrogens is 2. The van der Waals surface area contributed by atoms with Crippen molar-refractivity contribution in [2.24, 2.45) is 0 Å². The van der Waals surface area contributed by atoms with Crippen LogP contribution in [0.15, 0.2) is 54.9 Å². The van der Waals surface area contributed by atoms with Crippen molar-refractivity contribution in [1.29, 1.82) is 0 Å². The van der Waals surface area contributed by atoms with Crippen LogP contribution < -0.4 is 14.8 Å². The van der Waals surface area contributed by atoms with Crippen molar-refractivity contribution in [2.75, 3.05) is 11.9 Å². The van der Waals surface area contributed by atoms with Gasteiger partial charge in [-0.2, -0.15) is 13.2 Å². The van der Waals surface area contributed by atoms with Crippen LogP contribution in [0.3, 0.4) is 0 Å². The Bertz CT molecular complexity index is 1480. The first-order chi connectivity index (χ1) is 18.7. The second-order valence-electron chi connectivity index (χ2n) is 8.37. The number of benzene rings is 2. The quantitative estimate of drug-likeness (QED) is 0.176. The first kappa shape index (κ1) is 30.1. The van der Waals surface area contributed by atoms with Crippen LogP contribution in [0.4, 0.5) is 36.4 Å². The lowest BCUT2D eigenvalue weighted by atomic mass is 10.0. The Morgan fingerprint density at radius 1 is 1.00 bits per heavy atom. The van der Waals surface area contributed by atoms with Crippen LogP contribution >= 0.6 is 0 Å². The Hall–Kier alpha value is -4.49. The number of hydrogen-bond acceptors (Lipinski definition) is 5. The van der Waals surface area contributed by atoms with Gasteiger partial charge in [0.25, 0.3) is 6.47 Å². The number of imidazole rings is 1. The van der Waals surface area contributed by atoms with Gasteiger partial charge in [-0.1, -0.05) is 12.1 Å². The summed E-state index contributed by atoms with van der Waals surface area (Å²) >= 11 is 0. The Kier molecular flexibility index (Phi) is 9.12. The average Bonchev–Trinajstić information content (AvgIpc) is 3.26. The predicted octanol–water partition coefficient (Wildman–Crippen LogP) is 7.51. The second-order valence-corrected chi connectivity index (χ2v) is 8.37. The minimum atomic E-state index is -5.07. The van der Waals surface area contributed by atoms with Crippen LogP contribution in [-0.4, -0.2) is 40.0 Å². The third kappa shape index (κ3) is 8.01. The minimum absolute atomic E-state index is 0.0778. The maximum atomic E-state index is 14.2. The highest BCUT2D eigenvalue weighted by Gasteiger charge is 2.32. The lowest BCUT2D eigenvalue weighted by Crippen LogP contribution is -2.17. The number of halogens is 7. The molecule has 0 aliphatic carbocycles. The average molecular weight is 573 g/mol. The number of nitrogens with zero attached hydrogens (tertiary/aromatic N) is 2.